The van der Waals surface area contributed by atoms with E-state index in [1.165, 1.54) is 6.07 Å². The molecular weight excluding hydrogens is 295 g/mol. The summed E-state index contributed by atoms with van der Waals surface area (Å²) in [5.74, 6) is -2.38. The summed E-state index contributed by atoms with van der Waals surface area (Å²) in [6, 6.07) is 1.37. The highest BCUT2D eigenvalue weighted by atomic mass is 79.9. The molecule has 1 aromatic heterocycles. The van der Waals surface area contributed by atoms with Crippen molar-refractivity contribution in [1.29, 1.82) is 0 Å². The van der Waals surface area contributed by atoms with E-state index in [4.69, 9.17) is 0 Å². The molecule has 0 aromatic carbocycles. The first-order valence-corrected chi connectivity index (χ1v) is 5.45. The number of halogens is 4. The molecular formula is C8H3BrF3NOS. The van der Waals surface area contributed by atoms with Crippen molar-refractivity contribution >= 4 is 39.4 Å². The number of rotatable bonds is 0. The van der Waals surface area contributed by atoms with Gasteiger partial charge in [0.2, 0.25) is 0 Å². The SMILES string of the molecule is O=C1N=CC(C(F)(F)F)c2sc(Br)cc21. The summed E-state index contributed by atoms with van der Waals surface area (Å²) in [6.07, 6.45) is -3.74. The minimum Gasteiger partial charge on any atom is -0.267 e. The first-order chi connectivity index (χ1) is 6.89. The van der Waals surface area contributed by atoms with Gasteiger partial charge in [0, 0.05) is 11.1 Å². The molecule has 2 heterocycles. The average molecular weight is 298 g/mol. The Morgan fingerprint density at radius 2 is 2.13 bits per heavy atom. The minimum atomic E-state index is -4.40. The quantitative estimate of drug-likeness (QED) is 0.722. The molecule has 2 nitrogen and oxygen atoms in total. The molecule has 0 N–H and O–H groups in total. The van der Waals surface area contributed by atoms with Crippen LogP contribution in [0, 0.1) is 0 Å². The Morgan fingerprint density at radius 3 is 2.73 bits per heavy atom. The molecule has 7 heteroatoms. The molecule has 80 valence electrons. The molecule has 1 atom stereocenters. The van der Waals surface area contributed by atoms with Gasteiger partial charge in [-0.25, -0.2) is 4.99 Å². The third-order valence-corrected chi connectivity index (χ3v) is 3.66. The summed E-state index contributed by atoms with van der Waals surface area (Å²) in [5.41, 5.74) is 0.0386. The predicted molar refractivity (Wildman–Crippen MR) is 53.6 cm³/mol. The van der Waals surface area contributed by atoms with Gasteiger partial charge >= 0.3 is 6.18 Å². The van der Waals surface area contributed by atoms with Gasteiger partial charge in [0.1, 0.15) is 5.92 Å². The molecule has 0 saturated heterocycles. The van der Waals surface area contributed by atoms with Gasteiger partial charge in [0.25, 0.3) is 5.91 Å². The Labute approximate surface area is 94.9 Å². The van der Waals surface area contributed by atoms with Crippen LogP contribution in [0.1, 0.15) is 21.2 Å². The van der Waals surface area contributed by atoms with E-state index in [1.807, 2.05) is 0 Å². The molecule has 0 spiro atoms. The fourth-order valence-electron chi connectivity index (χ4n) is 1.28. The number of amides is 1. The van der Waals surface area contributed by atoms with Crippen molar-refractivity contribution in [2.45, 2.75) is 12.1 Å². The molecule has 0 aliphatic carbocycles. The molecule has 2 rings (SSSR count). The van der Waals surface area contributed by atoms with Crippen molar-refractivity contribution in [3.05, 3.63) is 20.3 Å². The van der Waals surface area contributed by atoms with Crippen LogP contribution >= 0.6 is 27.3 Å². The van der Waals surface area contributed by atoms with Crippen molar-refractivity contribution in [2.24, 2.45) is 4.99 Å². The second kappa shape index (κ2) is 3.41. The van der Waals surface area contributed by atoms with E-state index in [-0.39, 0.29) is 10.4 Å². The Morgan fingerprint density at radius 1 is 1.47 bits per heavy atom. The van der Waals surface area contributed by atoms with Crippen LogP contribution in [0.3, 0.4) is 0 Å². The van der Waals surface area contributed by atoms with Gasteiger partial charge in [0.05, 0.1) is 9.35 Å². The lowest BCUT2D eigenvalue weighted by Gasteiger charge is -2.18. The molecule has 1 aliphatic heterocycles. The van der Waals surface area contributed by atoms with E-state index in [2.05, 4.69) is 20.9 Å². The van der Waals surface area contributed by atoms with Crippen molar-refractivity contribution in [1.82, 2.24) is 0 Å². The number of thiophene rings is 1. The van der Waals surface area contributed by atoms with Gasteiger partial charge < -0.3 is 0 Å². The molecule has 1 aromatic rings. The summed E-state index contributed by atoms with van der Waals surface area (Å²) in [5, 5.41) is 0. The number of hydrogen-bond donors (Lipinski definition) is 0. The lowest BCUT2D eigenvalue weighted by atomic mass is 10.0. The summed E-state index contributed by atoms with van der Waals surface area (Å²) in [7, 11) is 0. The average Bonchev–Trinajstić information content (AvgIpc) is 2.45. The van der Waals surface area contributed by atoms with E-state index in [9.17, 15) is 18.0 Å². The normalized spacial score (nSPS) is 20.5. The van der Waals surface area contributed by atoms with Crippen LogP contribution in [-0.4, -0.2) is 18.3 Å². The zero-order valence-corrected chi connectivity index (χ0v) is 9.41. The van der Waals surface area contributed by atoms with Gasteiger partial charge in [-0.1, -0.05) is 0 Å². The molecule has 1 unspecified atom stereocenters. The van der Waals surface area contributed by atoms with Crippen LogP contribution in [0.25, 0.3) is 0 Å². The Bertz CT molecular complexity index is 451. The first-order valence-electron chi connectivity index (χ1n) is 3.84. The summed E-state index contributed by atoms with van der Waals surface area (Å²) in [4.78, 5) is 14.4. The van der Waals surface area contributed by atoms with Crippen molar-refractivity contribution in [3.63, 3.8) is 0 Å². The number of hydrogen-bond acceptors (Lipinski definition) is 2. The topological polar surface area (TPSA) is 29.4 Å². The third-order valence-electron chi connectivity index (χ3n) is 1.94. The zero-order chi connectivity index (χ0) is 11.2. The fourth-order valence-corrected chi connectivity index (χ4v) is 3.00. The number of aliphatic imine (C=N–C) groups is 1. The lowest BCUT2D eigenvalue weighted by Crippen LogP contribution is -2.25. The second-order valence-electron chi connectivity index (χ2n) is 2.93. The predicted octanol–water partition coefficient (Wildman–Crippen LogP) is 3.38. The maximum Gasteiger partial charge on any atom is 0.401 e. The van der Waals surface area contributed by atoms with E-state index in [0.717, 1.165) is 11.3 Å². The van der Waals surface area contributed by atoms with Gasteiger partial charge in [-0.15, -0.1) is 11.3 Å². The van der Waals surface area contributed by atoms with E-state index < -0.39 is 18.0 Å². The van der Waals surface area contributed by atoms with Crippen LogP contribution in [0.2, 0.25) is 0 Å². The number of alkyl halides is 3. The lowest BCUT2D eigenvalue weighted by molar-refractivity contribution is -0.133. The highest BCUT2D eigenvalue weighted by Crippen LogP contribution is 2.42. The van der Waals surface area contributed by atoms with Gasteiger partial charge in [0.15, 0.2) is 0 Å². The Kier molecular flexibility index (Phi) is 2.46. The van der Waals surface area contributed by atoms with Crippen LogP contribution < -0.4 is 0 Å². The molecule has 0 saturated carbocycles. The monoisotopic (exact) mass is 297 g/mol. The Balaban J connectivity index is 2.54. The number of carbonyl (C=O) groups excluding carboxylic acids is 1. The van der Waals surface area contributed by atoms with Crippen molar-refractivity contribution in [3.8, 4) is 0 Å². The van der Waals surface area contributed by atoms with Gasteiger partial charge in [-0.2, -0.15) is 13.2 Å². The number of fused-ring (bicyclic) bond motifs is 1. The Hall–Kier alpha value is -0.690. The number of nitrogens with zero attached hydrogens (tertiary/aromatic N) is 1. The standard InChI is InChI=1S/C8H3BrF3NOS/c9-5-1-3-6(15-5)4(8(10,11)12)2-13-7(3)14/h1-2,4H. The molecule has 0 radical (unpaired) electrons. The molecule has 0 fully saturated rings. The van der Waals surface area contributed by atoms with E-state index >= 15 is 0 Å². The summed E-state index contributed by atoms with van der Waals surface area (Å²) >= 11 is 3.97. The van der Waals surface area contributed by atoms with Gasteiger partial charge in [-0.3, -0.25) is 4.79 Å². The second-order valence-corrected chi connectivity index (χ2v) is 5.39. The highest BCUT2D eigenvalue weighted by Gasteiger charge is 2.44. The van der Waals surface area contributed by atoms with Gasteiger partial charge in [-0.05, 0) is 22.0 Å². The molecule has 0 bridgehead atoms. The van der Waals surface area contributed by atoms with Crippen molar-refractivity contribution < 1.29 is 18.0 Å². The minimum absolute atomic E-state index is 0.00868. The number of carbonyl (C=O) groups is 1. The largest absolute Gasteiger partial charge is 0.401 e. The fraction of sp³-hybridized carbons (Fsp3) is 0.250. The van der Waals surface area contributed by atoms with E-state index in [1.54, 1.807) is 0 Å². The van der Waals surface area contributed by atoms with Crippen LogP contribution in [-0.2, 0) is 0 Å². The first kappa shape index (κ1) is 10.8. The smallest absolute Gasteiger partial charge is 0.267 e. The maximum absolute atomic E-state index is 12.5. The third kappa shape index (κ3) is 1.85. The summed E-state index contributed by atoms with van der Waals surface area (Å²) in [6.45, 7) is 0. The van der Waals surface area contributed by atoms with E-state index in [0.29, 0.717) is 10.0 Å². The molecule has 15 heavy (non-hydrogen) atoms. The van der Waals surface area contributed by atoms with Crippen LogP contribution in [0.5, 0.6) is 0 Å². The molecule has 1 aliphatic rings. The highest BCUT2D eigenvalue weighted by molar-refractivity contribution is 9.11. The summed E-state index contributed by atoms with van der Waals surface area (Å²) < 4.78 is 38.1. The van der Waals surface area contributed by atoms with Crippen molar-refractivity contribution in [2.75, 3.05) is 0 Å². The van der Waals surface area contributed by atoms with Crippen LogP contribution in [0.15, 0.2) is 14.8 Å². The molecule has 1 amide bonds. The van der Waals surface area contributed by atoms with Crippen LogP contribution in [0.4, 0.5) is 13.2 Å². The maximum atomic E-state index is 12.5. The zero-order valence-electron chi connectivity index (χ0n) is 7.01.